The van der Waals surface area contributed by atoms with Crippen LogP contribution in [0.4, 0.5) is 0 Å². The van der Waals surface area contributed by atoms with E-state index in [1.54, 1.807) is 16.9 Å². The molecular formula is C12H18N4O. The summed E-state index contributed by atoms with van der Waals surface area (Å²) in [6.07, 6.45) is 4.33. The lowest BCUT2D eigenvalue weighted by Gasteiger charge is -2.22. The van der Waals surface area contributed by atoms with Crippen LogP contribution in [0.2, 0.25) is 0 Å². The molecule has 0 fully saturated rings. The first-order valence-electron chi connectivity index (χ1n) is 5.74. The van der Waals surface area contributed by atoms with Gasteiger partial charge in [-0.2, -0.15) is 5.10 Å². The molecule has 1 atom stereocenters. The molecule has 2 heterocycles. The van der Waals surface area contributed by atoms with Gasteiger partial charge in [0.05, 0.1) is 5.69 Å². The lowest BCUT2D eigenvalue weighted by atomic mass is 10.0. The molecule has 0 aliphatic rings. The summed E-state index contributed by atoms with van der Waals surface area (Å²) < 4.78 is 7.45. The van der Waals surface area contributed by atoms with E-state index in [4.69, 9.17) is 10.5 Å². The van der Waals surface area contributed by atoms with Crippen LogP contribution in [0, 0.1) is 6.92 Å². The van der Waals surface area contributed by atoms with E-state index in [1.165, 1.54) is 0 Å². The van der Waals surface area contributed by atoms with Crippen LogP contribution in [0.1, 0.15) is 26.0 Å². The van der Waals surface area contributed by atoms with E-state index in [9.17, 15) is 0 Å². The standard InChI is InChI=1S/C12H18N4O/c1-4-12(3,13)8-17-11-10-7-9(2)15-16(10)6-5-14-11/h5-7H,4,8,13H2,1-3H3. The van der Waals surface area contributed by atoms with Gasteiger partial charge in [-0.15, -0.1) is 0 Å². The number of nitrogens with zero attached hydrogens (tertiary/aromatic N) is 3. The molecule has 2 aromatic rings. The van der Waals surface area contributed by atoms with E-state index in [0.29, 0.717) is 12.5 Å². The van der Waals surface area contributed by atoms with E-state index in [-0.39, 0.29) is 5.54 Å². The minimum absolute atomic E-state index is 0.330. The van der Waals surface area contributed by atoms with Crippen LogP contribution in [0.25, 0.3) is 5.52 Å². The molecule has 5 nitrogen and oxygen atoms in total. The average molecular weight is 234 g/mol. The Bertz CT molecular complexity index is 518. The molecule has 0 saturated carbocycles. The average Bonchev–Trinajstić information content (AvgIpc) is 2.67. The van der Waals surface area contributed by atoms with Crippen molar-refractivity contribution in [2.45, 2.75) is 32.7 Å². The van der Waals surface area contributed by atoms with Gasteiger partial charge >= 0.3 is 0 Å². The zero-order chi connectivity index (χ0) is 12.5. The topological polar surface area (TPSA) is 65.4 Å². The molecule has 0 bridgehead atoms. The normalized spacial score (nSPS) is 14.8. The van der Waals surface area contributed by atoms with Crippen molar-refractivity contribution in [3.8, 4) is 5.88 Å². The number of rotatable bonds is 4. The third-order valence-corrected chi connectivity index (χ3v) is 2.82. The van der Waals surface area contributed by atoms with Gasteiger partial charge in [0.15, 0.2) is 0 Å². The van der Waals surface area contributed by atoms with Gasteiger partial charge in [0.2, 0.25) is 5.88 Å². The number of nitrogens with two attached hydrogens (primary N) is 1. The molecule has 2 N–H and O–H groups in total. The molecule has 2 aromatic heterocycles. The van der Waals surface area contributed by atoms with Crippen molar-refractivity contribution in [2.24, 2.45) is 5.73 Å². The third kappa shape index (κ3) is 2.55. The highest BCUT2D eigenvalue weighted by atomic mass is 16.5. The monoisotopic (exact) mass is 234 g/mol. The SMILES string of the molecule is CCC(C)(N)COc1nccn2nc(C)cc12. The molecule has 1 unspecified atom stereocenters. The molecule has 2 rings (SSSR count). The van der Waals surface area contributed by atoms with Crippen LogP contribution in [0.5, 0.6) is 5.88 Å². The predicted molar refractivity (Wildman–Crippen MR) is 66.1 cm³/mol. The van der Waals surface area contributed by atoms with E-state index >= 15 is 0 Å². The Kier molecular flexibility index (Phi) is 3.02. The first-order valence-corrected chi connectivity index (χ1v) is 5.74. The summed E-state index contributed by atoms with van der Waals surface area (Å²) in [5.74, 6) is 0.582. The van der Waals surface area contributed by atoms with Gasteiger partial charge in [-0.1, -0.05) is 6.92 Å². The molecule has 0 radical (unpaired) electrons. The fourth-order valence-electron chi connectivity index (χ4n) is 1.47. The number of aromatic nitrogens is 3. The van der Waals surface area contributed by atoms with Crippen LogP contribution in [-0.4, -0.2) is 26.7 Å². The fourth-order valence-corrected chi connectivity index (χ4v) is 1.47. The maximum atomic E-state index is 6.04. The molecule has 5 heteroatoms. The number of aryl methyl sites for hydroxylation is 1. The van der Waals surface area contributed by atoms with Gasteiger partial charge < -0.3 is 10.5 Å². The van der Waals surface area contributed by atoms with Gasteiger partial charge in [-0.25, -0.2) is 9.50 Å². The highest BCUT2D eigenvalue weighted by molar-refractivity contribution is 5.56. The Morgan fingerprint density at radius 1 is 1.53 bits per heavy atom. The minimum Gasteiger partial charge on any atom is -0.474 e. The first kappa shape index (κ1) is 11.9. The maximum absolute atomic E-state index is 6.04. The van der Waals surface area contributed by atoms with E-state index < -0.39 is 0 Å². The van der Waals surface area contributed by atoms with Crippen molar-refractivity contribution in [1.82, 2.24) is 14.6 Å². The van der Waals surface area contributed by atoms with Crippen molar-refractivity contribution >= 4 is 5.52 Å². The van der Waals surface area contributed by atoms with Crippen LogP contribution in [0.3, 0.4) is 0 Å². The van der Waals surface area contributed by atoms with Crippen molar-refractivity contribution < 1.29 is 4.74 Å². The van der Waals surface area contributed by atoms with Gasteiger partial charge in [0.25, 0.3) is 0 Å². The number of hydrogen-bond donors (Lipinski definition) is 1. The number of fused-ring (bicyclic) bond motifs is 1. The van der Waals surface area contributed by atoms with Crippen LogP contribution < -0.4 is 10.5 Å². The van der Waals surface area contributed by atoms with Gasteiger partial charge in [0, 0.05) is 17.9 Å². The molecule has 0 spiro atoms. The maximum Gasteiger partial charge on any atom is 0.240 e. The Morgan fingerprint density at radius 3 is 3.00 bits per heavy atom. The molecule has 0 aliphatic carbocycles. The summed E-state index contributed by atoms with van der Waals surface area (Å²) in [7, 11) is 0. The molecule has 17 heavy (non-hydrogen) atoms. The van der Waals surface area contributed by atoms with E-state index in [0.717, 1.165) is 17.6 Å². The van der Waals surface area contributed by atoms with Gasteiger partial charge in [-0.05, 0) is 26.3 Å². The summed E-state index contributed by atoms with van der Waals surface area (Å²) >= 11 is 0. The zero-order valence-corrected chi connectivity index (χ0v) is 10.5. The second kappa shape index (κ2) is 4.33. The highest BCUT2D eigenvalue weighted by Crippen LogP contribution is 2.18. The summed E-state index contributed by atoms with van der Waals surface area (Å²) in [5.41, 5.74) is 7.52. The highest BCUT2D eigenvalue weighted by Gasteiger charge is 2.17. The fraction of sp³-hybridized carbons (Fsp3) is 0.500. The molecular weight excluding hydrogens is 216 g/mol. The smallest absolute Gasteiger partial charge is 0.240 e. The Balaban J connectivity index is 2.24. The summed E-state index contributed by atoms with van der Waals surface area (Å²) in [6, 6.07) is 1.95. The number of hydrogen-bond acceptors (Lipinski definition) is 4. The molecule has 0 aromatic carbocycles. The predicted octanol–water partition coefficient (Wildman–Crippen LogP) is 1.54. The van der Waals surface area contributed by atoms with Crippen molar-refractivity contribution in [2.75, 3.05) is 6.61 Å². The summed E-state index contributed by atoms with van der Waals surface area (Å²) in [5, 5.41) is 4.30. The van der Waals surface area contributed by atoms with Crippen molar-refractivity contribution in [3.63, 3.8) is 0 Å². The van der Waals surface area contributed by atoms with E-state index in [2.05, 4.69) is 10.1 Å². The van der Waals surface area contributed by atoms with Crippen molar-refractivity contribution in [1.29, 1.82) is 0 Å². The second-order valence-corrected chi connectivity index (χ2v) is 4.64. The summed E-state index contributed by atoms with van der Waals surface area (Å²) in [4.78, 5) is 4.22. The number of ether oxygens (including phenoxy) is 1. The van der Waals surface area contributed by atoms with E-state index in [1.807, 2.05) is 26.8 Å². The van der Waals surface area contributed by atoms with Gasteiger partial charge in [0.1, 0.15) is 12.1 Å². The third-order valence-electron chi connectivity index (χ3n) is 2.82. The van der Waals surface area contributed by atoms with Crippen LogP contribution in [-0.2, 0) is 0 Å². The molecule has 0 saturated heterocycles. The Morgan fingerprint density at radius 2 is 2.29 bits per heavy atom. The lowest BCUT2D eigenvalue weighted by molar-refractivity contribution is 0.220. The molecule has 0 amide bonds. The zero-order valence-electron chi connectivity index (χ0n) is 10.5. The minimum atomic E-state index is -0.330. The van der Waals surface area contributed by atoms with Crippen molar-refractivity contribution in [3.05, 3.63) is 24.2 Å². The molecule has 92 valence electrons. The second-order valence-electron chi connectivity index (χ2n) is 4.64. The Labute approximate surface area is 101 Å². The quantitative estimate of drug-likeness (QED) is 0.871. The first-order chi connectivity index (χ1) is 8.02. The van der Waals surface area contributed by atoms with Gasteiger partial charge in [-0.3, -0.25) is 0 Å². The Hall–Kier alpha value is -1.62. The van der Waals surface area contributed by atoms with Crippen LogP contribution >= 0.6 is 0 Å². The lowest BCUT2D eigenvalue weighted by Crippen LogP contribution is -2.41. The van der Waals surface area contributed by atoms with Crippen LogP contribution in [0.15, 0.2) is 18.5 Å². The molecule has 0 aliphatic heterocycles. The largest absolute Gasteiger partial charge is 0.474 e. The summed E-state index contributed by atoms with van der Waals surface area (Å²) in [6.45, 7) is 6.39.